The first-order valence-electron chi connectivity index (χ1n) is 6.26. The minimum Gasteiger partial charge on any atom is -0.481 e. The Bertz CT molecular complexity index is 528. The van der Waals surface area contributed by atoms with Crippen molar-refractivity contribution < 1.29 is 14.8 Å². The van der Waals surface area contributed by atoms with E-state index in [1.165, 1.54) is 6.07 Å². The number of anilines is 1. The van der Waals surface area contributed by atoms with E-state index >= 15 is 0 Å². The summed E-state index contributed by atoms with van der Waals surface area (Å²) in [4.78, 5) is 21.2. The summed E-state index contributed by atoms with van der Waals surface area (Å²) in [5, 5.41) is 22.8. The highest BCUT2D eigenvalue weighted by molar-refractivity contribution is 5.69. The van der Waals surface area contributed by atoms with E-state index in [1.807, 2.05) is 0 Å². The number of aliphatic carboxylic acids is 1. The lowest BCUT2D eigenvalue weighted by Crippen LogP contribution is -2.20. The monoisotopic (exact) mass is 264 g/mol. The molecule has 1 aliphatic rings. The number of carboxylic acid groups (broad SMARTS) is 1. The summed E-state index contributed by atoms with van der Waals surface area (Å²) in [5.74, 6) is -0.862. The Kier molecular flexibility index (Phi) is 3.69. The Morgan fingerprint density at radius 1 is 1.47 bits per heavy atom. The predicted molar refractivity (Wildman–Crippen MR) is 70.5 cm³/mol. The third kappa shape index (κ3) is 2.83. The van der Waals surface area contributed by atoms with E-state index in [4.69, 9.17) is 5.11 Å². The highest BCUT2D eigenvalue weighted by atomic mass is 16.6. The molecule has 1 unspecified atom stereocenters. The number of nitro benzene ring substituents is 1. The van der Waals surface area contributed by atoms with Crippen LogP contribution in [0.25, 0.3) is 0 Å². The van der Waals surface area contributed by atoms with E-state index in [9.17, 15) is 14.9 Å². The van der Waals surface area contributed by atoms with Crippen molar-refractivity contribution >= 4 is 17.3 Å². The van der Waals surface area contributed by atoms with Crippen molar-refractivity contribution in [2.75, 3.05) is 5.32 Å². The van der Waals surface area contributed by atoms with E-state index in [2.05, 4.69) is 5.32 Å². The van der Waals surface area contributed by atoms with Gasteiger partial charge in [-0.1, -0.05) is 0 Å². The number of fused-ring (bicyclic) bond motifs is 1. The minimum absolute atomic E-state index is 0.0196. The highest BCUT2D eigenvalue weighted by Gasteiger charge is 2.25. The standard InChI is InChI=1S/C13H16N2O4/c1-8(7-13(16)17)14-11-5-6-12(15(18)19)10-4-2-3-9(10)11/h5-6,8,14H,2-4,7H2,1H3,(H,16,17). The second-order valence-corrected chi connectivity index (χ2v) is 4.84. The molecule has 1 atom stereocenters. The molecule has 0 aromatic heterocycles. The number of nitrogens with zero attached hydrogens (tertiary/aromatic N) is 1. The van der Waals surface area contributed by atoms with Gasteiger partial charge in [0.25, 0.3) is 5.69 Å². The van der Waals surface area contributed by atoms with Gasteiger partial charge in [0.15, 0.2) is 0 Å². The van der Waals surface area contributed by atoms with Gasteiger partial charge in [-0.25, -0.2) is 0 Å². The van der Waals surface area contributed by atoms with Crippen molar-refractivity contribution in [2.45, 2.75) is 38.6 Å². The number of hydrogen-bond acceptors (Lipinski definition) is 4. The Morgan fingerprint density at radius 3 is 2.79 bits per heavy atom. The molecule has 0 fully saturated rings. The molecule has 19 heavy (non-hydrogen) atoms. The molecule has 0 saturated carbocycles. The van der Waals surface area contributed by atoms with Crippen molar-refractivity contribution in [1.29, 1.82) is 0 Å². The van der Waals surface area contributed by atoms with E-state index in [0.717, 1.165) is 29.7 Å². The number of hydrogen-bond donors (Lipinski definition) is 2. The molecule has 1 aromatic rings. The summed E-state index contributed by atoms with van der Waals surface area (Å²) in [6, 6.07) is 2.98. The van der Waals surface area contributed by atoms with Gasteiger partial charge >= 0.3 is 5.97 Å². The van der Waals surface area contributed by atoms with Gasteiger partial charge < -0.3 is 10.4 Å². The Labute approximate surface area is 110 Å². The Hall–Kier alpha value is -2.11. The molecule has 1 aromatic carbocycles. The van der Waals surface area contributed by atoms with Crippen LogP contribution in [0.3, 0.4) is 0 Å². The molecular weight excluding hydrogens is 248 g/mol. The lowest BCUT2D eigenvalue weighted by molar-refractivity contribution is -0.385. The topological polar surface area (TPSA) is 92.5 Å². The normalized spacial score (nSPS) is 14.8. The quantitative estimate of drug-likeness (QED) is 0.629. The third-order valence-corrected chi connectivity index (χ3v) is 3.34. The van der Waals surface area contributed by atoms with Gasteiger partial charge in [0.05, 0.1) is 11.3 Å². The van der Waals surface area contributed by atoms with Gasteiger partial charge in [0, 0.05) is 23.4 Å². The van der Waals surface area contributed by atoms with Gasteiger partial charge in [0.2, 0.25) is 0 Å². The molecule has 102 valence electrons. The SMILES string of the molecule is CC(CC(=O)O)Nc1ccc([N+](=O)[O-])c2c1CCC2. The van der Waals surface area contributed by atoms with Crippen LogP contribution < -0.4 is 5.32 Å². The van der Waals surface area contributed by atoms with Crippen LogP contribution in [0, 0.1) is 10.1 Å². The van der Waals surface area contributed by atoms with Crippen LogP contribution in [-0.4, -0.2) is 22.0 Å². The summed E-state index contributed by atoms with van der Waals surface area (Å²) < 4.78 is 0. The smallest absolute Gasteiger partial charge is 0.305 e. The third-order valence-electron chi connectivity index (χ3n) is 3.34. The molecule has 0 radical (unpaired) electrons. The second-order valence-electron chi connectivity index (χ2n) is 4.84. The molecule has 0 heterocycles. The minimum atomic E-state index is -0.862. The number of carbonyl (C=O) groups is 1. The molecule has 0 aliphatic heterocycles. The number of benzene rings is 1. The van der Waals surface area contributed by atoms with Crippen molar-refractivity contribution in [3.63, 3.8) is 0 Å². The summed E-state index contributed by atoms with van der Waals surface area (Å²) in [7, 11) is 0. The Balaban J connectivity index is 2.26. The lowest BCUT2D eigenvalue weighted by Gasteiger charge is -2.16. The lowest BCUT2D eigenvalue weighted by atomic mass is 10.1. The van der Waals surface area contributed by atoms with Crippen molar-refractivity contribution in [1.82, 2.24) is 0 Å². The zero-order valence-corrected chi connectivity index (χ0v) is 10.7. The van der Waals surface area contributed by atoms with Gasteiger partial charge in [-0.15, -0.1) is 0 Å². The molecular formula is C13H16N2O4. The average molecular weight is 264 g/mol. The summed E-state index contributed by atoms with van der Waals surface area (Å²) in [6.07, 6.45) is 2.45. The molecule has 0 amide bonds. The zero-order chi connectivity index (χ0) is 14.0. The zero-order valence-electron chi connectivity index (χ0n) is 10.7. The van der Waals surface area contributed by atoms with Crippen molar-refractivity contribution in [3.8, 4) is 0 Å². The maximum absolute atomic E-state index is 10.9. The van der Waals surface area contributed by atoms with Crippen molar-refractivity contribution in [3.05, 3.63) is 33.4 Å². The maximum atomic E-state index is 10.9. The van der Waals surface area contributed by atoms with Crippen LogP contribution in [0.2, 0.25) is 0 Å². The van der Waals surface area contributed by atoms with Crippen LogP contribution in [-0.2, 0) is 17.6 Å². The molecule has 0 saturated heterocycles. The molecule has 0 bridgehead atoms. The molecule has 2 N–H and O–H groups in total. The summed E-state index contributed by atoms with van der Waals surface area (Å²) in [6.45, 7) is 1.79. The fraction of sp³-hybridized carbons (Fsp3) is 0.462. The van der Waals surface area contributed by atoms with E-state index in [0.29, 0.717) is 6.42 Å². The van der Waals surface area contributed by atoms with Crippen LogP contribution in [0.5, 0.6) is 0 Å². The van der Waals surface area contributed by atoms with Crippen LogP contribution >= 0.6 is 0 Å². The van der Waals surface area contributed by atoms with Gasteiger partial charge in [-0.3, -0.25) is 14.9 Å². The van der Waals surface area contributed by atoms with Crippen LogP contribution in [0.1, 0.15) is 30.9 Å². The molecule has 1 aliphatic carbocycles. The first kappa shape index (κ1) is 13.3. The predicted octanol–water partition coefficient (Wildman–Crippen LogP) is 2.36. The number of rotatable bonds is 5. The largest absolute Gasteiger partial charge is 0.481 e. The van der Waals surface area contributed by atoms with Crippen LogP contribution in [0.4, 0.5) is 11.4 Å². The molecule has 0 spiro atoms. The average Bonchev–Trinajstić information content (AvgIpc) is 2.76. The number of carboxylic acids is 1. The van der Waals surface area contributed by atoms with Crippen LogP contribution in [0.15, 0.2) is 12.1 Å². The molecule has 6 nitrogen and oxygen atoms in total. The maximum Gasteiger partial charge on any atom is 0.305 e. The second kappa shape index (κ2) is 5.26. The highest BCUT2D eigenvalue weighted by Crippen LogP contribution is 2.35. The Morgan fingerprint density at radius 2 is 2.16 bits per heavy atom. The van der Waals surface area contributed by atoms with Gasteiger partial charge in [-0.05, 0) is 37.8 Å². The first-order chi connectivity index (χ1) is 8.99. The number of nitro groups is 1. The van der Waals surface area contributed by atoms with Gasteiger partial charge in [-0.2, -0.15) is 0 Å². The van der Waals surface area contributed by atoms with E-state index in [-0.39, 0.29) is 23.1 Å². The van der Waals surface area contributed by atoms with Gasteiger partial charge in [0.1, 0.15) is 0 Å². The molecule has 6 heteroatoms. The fourth-order valence-electron chi connectivity index (χ4n) is 2.57. The molecule has 2 rings (SSSR count). The first-order valence-corrected chi connectivity index (χ1v) is 6.26. The van der Waals surface area contributed by atoms with Crippen molar-refractivity contribution in [2.24, 2.45) is 0 Å². The fourth-order valence-corrected chi connectivity index (χ4v) is 2.57. The van der Waals surface area contributed by atoms with E-state index < -0.39 is 5.97 Å². The summed E-state index contributed by atoms with van der Waals surface area (Å²) in [5.41, 5.74) is 2.75. The van der Waals surface area contributed by atoms with E-state index in [1.54, 1.807) is 13.0 Å². The number of nitrogens with one attached hydrogen (secondary N) is 1. The summed E-state index contributed by atoms with van der Waals surface area (Å²) >= 11 is 0.